The number of methoxy groups -OCH3 is 2. The first-order valence-corrected chi connectivity index (χ1v) is 11.0. The third-order valence-electron chi connectivity index (χ3n) is 4.81. The first-order chi connectivity index (χ1) is 16.7. The van der Waals surface area contributed by atoms with Gasteiger partial charge in [0, 0.05) is 16.6 Å². The highest BCUT2D eigenvalue weighted by molar-refractivity contribution is 8.00. The summed E-state index contributed by atoms with van der Waals surface area (Å²) in [6.07, 6.45) is 0. The molecule has 0 aliphatic carbocycles. The molecule has 3 aromatic carbocycles. The van der Waals surface area contributed by atoms with Crippen LogP contribution in [0.5, 0.6) is 11.5 Å². The van der Waals surface area contributed by atoms with Gasteiger partial charge in [0.25, 0.3) is 5.91 Å². The fourth-order valence-electron chi connectivity index (χ4n) is 3.05. The summed E-state index contributed by atoms with van der Waals surface area (Å²) in [5.41, 5.74) is -0.525. The number of carbonyl (C=O) groups excluding carboxylic acids is 2. The highest BCUT2D eigenvalue weighted by Gasteiger charge is 2.24. The Morgan fingerprint density at radius 2 is 1.40 bits per heavy atom. The van der Waals surface area contributed by atoms with Crippen molar-refractivity contribution in [2.75, 3.05) is 24.9 Å². The molecular weight excluding hydrogens is 488 g/mol. The molecule has 0 aliphatic heterocycles. The molecule has 0 aromatic heterocycles. The van der Waals surface area contributed by atoms with Crippen molar-refractivity contribution in [1.29, 1.82) is 0 Å². The maximum Gasteiger partial charge on any atom is 0.263 e. The van der Waals surface area contributed by atoms with Crippen LogP contribution in [0.15, 0.2) is 53.4 Å². The van der Waals surface area contributed by atoms with Gasteiger partial charge >= 0.3 is 0 Å². The summed E-state index contributed by atoms with van der Waals surface area (Å²) in [5, 5.41) is 3.74. The molecule has 3 aromatic rings. The fraction of sp³-hybridized carbons (Fsp3) is 0.167. The minimum atomic E-state index is -1.69. The molecule has 184 valence electrons. The summed E-state index contributed by atoms with van der Waals surface area (Å²) in [4.78, 5) is 25.7. The van der Waals surface area contributed by atoms with Crippen molar-refractivity contribution >= 4 is 35.0 Å². The number of hydrogen-bond donors (Lipinski definition) is 2. The van der Waals surface area contributed by atoms with Gasteiger partial charge < -0.3 is 20.1 Å². The van der Waals surface area contributed by atoms with Gasteiger partial charge in [0.05, 0.1) is 19.5 Å². The predicted octanol–water partition coefficient (Wildman–Crippen LogP) is 5.63. The van der Waals surface area contributed by atoms with Crippen LogP contribution in [0, 0.1) is 23.3 Å². The standard InChI is InChI=1S/C24H20F4N2O4S/c1-12(23(31)30-22-20(27)15(25)11-16(26)21(22)28)35-14-9-7-13(8-10-14)29-24(32)19-17(33-2)5-4-6-18(19)34-3/h4-12H,1-3H3,(H,29,32)(H,30,31). The number of carbonyl (C=O) groups is 2. The Balaban J connectivity index is 1.67. The number of ether oxygens (including phenoxy) is 2. The van der Waals surface area contributed by atoms with Gasteiger partial charge in [0.15, 0.2) is 23.3 Å². The monoisotopic (exact) mass is 508 g/mol. The maximum absolute atomic E-state index is 13.8. The van der Waals surface area contributed by atoms with Crippen LogP contribution in [-0.2, 0) is 4.79 Å². The lowest BCUT2D eigenvalue weighted by Gasteiger charge is -2.15. The van der Waals surface area contributed by atoms with E-state index in [1.165, 1.54) is 21.1 Å². The van der Waals surface area contributed by atoms with E-state index in [1.54, 1.807) is 42.5 Å². The van der Waals surface area contributed by atoms with E-state index in [1.807, 2.05) is 5.32 Å². The average molecular weight is 508 g/mol. The van der Waals surface area contributed by atoms with Crippen molar-refractivity contribution in [2.45, 2.75) is 17.1 Å². The lowest BCUT2D eigenvalue weighted by atomic mass is 10.1. The summed E-state index contributed by atoms with van der Waals surface area (Å²) in [7, 11) is 2.87. The number of halogens is 4. The molecule has 0 saturated carbocycles. The highest BCUT2D eigenvalue weighted by atomic mass is 32.2. The van der Waals surface area contributed by atoms with Gasteiger partial charge in [-0.2, -0.15) is 0 Å². The maximum atomic E-state index is 13.8. The quantitative estimate of drug-likeness (QED) is 0.234. The zero-order valence-corrected chi connectivity index (χ0v) is 19.6. The van der Waals surface area contributed by atoms with E-state index >= 15 is 0 Å². The molecule has 3 rings (SSSR count). The molecule has 35 heavy (non-hydrogen) atoms. The molecule has 0 radical (unpaired) electrons. The predicted molar refractivity (Wildman–Crippen MR) is 124 cm³/mol. The Morgan fingerprint density at radius 1 is 0.857 bits per heavy atom. The van der Waals surface area contributed by atoms with Crippen LogP contribution in [0.25, 0.3) is 0 Å². The molecule has 0 bridgehead atoms. The van der Waals surface area contributed by atoms with Crippen molar-refractivity contribution in [3.63, 3.8) is 0 Å². The second-order valence-electron chi connectivity index (χ2n) is 7.11. The van der Waals surface area contributed by atoms with Gasteiger partial charge in [0.2, 0.25) is 5.91 Å². The smallest absolute Gasteiger partial charge is 0.263 e. The van der Waals surface area contributed by atoms with Gasteiger partial charge in [-0.3, -0.25) is 9.59 Å². The summed E-state index contributed by atoms with van der Waals surface area (Å²) >= 11 is 1.03. The number of anilines is 2. The van der Waals surface area contributed by atoms with Crippen LogP contribution in [0.2, 0.25) is 0 Å². The third kappa shape index (κ3) is 5.86. The van der Waals surface area contributed by atoms with E-state index in [0.29, 0.717) is 22.1 Å². The Bertz CT molecular complexity index is 1210. The fourth-order valence-corrected chi connectivity index (χ4v) is 3.92. The van der Waals surface area contributed by atoms with Crippen LogP contribution in [-0.4, -0.2) is 31.3 Å². The molecule has 11 heteroatoms. The van der Waals surface area contributed by atoms with Crippen LogP contribution in [0.4, 0.5) is 28.9 Å². The minimum absolute atomic E-state index is 0.0583. The molecule has 0 saturated heterocycles. The first kappa shape index (κ1) is 25.9. The number of rotatable bonds is 8. The third-order valence-corrected chi connectivity index (χ3v) is 5.92. The summed E-state index contributed by atoms with van der Waals surface area (Å²) < 4.78 is 64.8. The molecule has 0 aliphatic rings. The Kier molecular flexibility index (Phi) is 8.23. The number of nitrogens with one attached hydrogen (secondary N) is 2. The SMILES string of the molecule is COc1cccc(OC)c1C(=O)Nc1ccc(SC(C)C(=O)Nc2c(F)c(F)cc(F)c2F)cc1. The second kappa shape index (κ2) is 11.1. The van der Waals surface area contributed by atoms with Crippen LogP contribution < -0.4 is 20.1 Å². The van der Waals surface area contributed by atoms with E-state index in [2.05, 4.69) is 5.32 Å². The molecule has 1 atom stereocenters. The highest BCUT2D eigenvalue weighted by Crippen LogP contribution is 2.31. The van der Waals surface area contributed by atoms with E-state index < -0.39 is 46.0 Å². The molecule has 0 heterocycles. The van der Waals surface area contributed by atoms with Crippen molar-refractivity contribution in [3.05, 3.63) is 77.4 Å². The van der Waals surface area contributed by atoms with Gasteiger partial charge in [-0.05, 0) is 43.3 Å². The number of benzene rings is 3. The Morgan fingerprint density at radius 3 is 1.91 bits per heavy atom. The zero-order chi connectivity index (χ0) is 25.7. The van der Waals surface area contributed by atoms with Crippen molar-refractivity contribution in [3.8, 4) is 11.5 Å². The topological polar surface area (TPSA) is 76.7 Å². The molecular formula is C24H20F4N2O4S. The zero-order valence-electron chi connectivity index (χ0n) is 18.7. The van der Waals surface area contributed by atoms with Crippen LogP contribution in [0.1, 0.15) is 17.3 Å². The number of amides is 2. The first-order valence-electron chi connectivity index (χ1n) is 10.1. The van der Waals surface area contributed by atoms with Gasteiger partial charge in [-0.15, -0.1) is 11.8 Å². The second-order valence-corrected chi connectivity index (χ2v) is 8.52. The largest absolute Gasteiger partial charge is 0.496 e. The Labute approximate surface area is 202 Å². The van der Waals surface area contributed by atoms with Gasteiger partial charge in [0.1, 0.15) is 22.7 Å². The normalized spacial score (nSPS) is 11.5. The van der Waals surface area contributed by atoms with Crippen LogP contribution in [0.3, 0.4) is 0 Å². The van der Waals surface area contributed by atoms with Crippen molar-refractivity contribution in [2.24, 2.45) is 0 Å². The summed E-state index contributed by atoms with van der Waals surface area (Å²) in [6.45, 7) is 1.45. The molecule has 6 nitrogen and oxygen atoms in total. The molecule has 1 unspecified atom stereocenters. The lowest BCUT2D eigenvalue weighted by Crippen LogP contribution is -2.24. The molecule has 2 amide bonds. The van der Waals surface area contributed by atoms with E-state index in [9.17, 15) is 27.2 Å². The number of thioether (sulfide) groups is 1. The number of hydrogen-bond acceptors (Lipinski definition) is 5. The van der Waals surface area contributed by atoms with Gasteiger partial charge in [-0.1, -0.05) is 6.07 Å². The summed E-state index contributed by atoms with van der Waals surface area (Å²) in [5.74, 6) is -7.29. The lowest BCUT2D eigenvalue weighted by molar-refractivity contribution is -0.115. The molecule has 0 fully saturated rings. The van der Waals surface area contributed by atoms with Gasteiger partial charge in [-0.25, -0.2) is 17.6 Å². The van der Waals surface area contributed by atoms with E-state index in [-0.39, 0.29) is 11.6 Å². The summed E-state index contributed by atoms with van der Waals surface area (Å²) in [6, 6.07) is 11.4. The average Bonchev–Trinajstić information content (AvgIpc) is 2.85. The molecule has 2 N–H and O–H groups in total. The van der Waals surface area contributed by atoms with Crippen molar-refractivity contribution in [1.82, 2.24) is 0 Å². The minimum Gasteiger partial charge on any atom is -0.496 e. The molecule has 0 spiro atoms. The Hall–Kier alpha value is -3.73. The van der Waals surface area contributed by atoms with Crippen molar-refractivity contribution < 1.29 is 36.6 Å². The van der Waals surface area contributed by atoms with Crippen LogP contribution >= 0.6 is 11.8 Å². The van der Waals surface area contributed by atoms with E-state index in [4.69, 9.17) is 9.47 Å². The van der Waals surface area contributed by atoms with E-state index in [0.717, 1.165) is 11.8 Å².